The molecule has 0 N–H and O–H groups in total. The fraction of sp³-hybridized carbons (Fsp3) is 1.00. The normalized spacial score (nSPS) is 11.2. The minimum Gasteiger partial charge on any atom is -0.440 e. The first-order valence-electron chi connectivity index (χ1n) is 4.60. The van der Waals surface area contributed by atoms with Crippen LogP contribution in [0.5, 0.6) is 0 Å². The molecule has 0 saturated carbocycles. The largest absolute Gasteiger partial charge is 0.440 e. The van der Waals surface area contributed by atoms with Crippen molar-refractivity contribution in [2.24, 2.45) is 0 Å². The summed E-state index contributed by atoms with van der Waals surface area (Å²) in [7, 11) is -3.57. The molecule has 0 heterocycles. The Morgan fingerprint density at radius 1 is 0.933 bits per heavy atom. The molecule has 0 amide bonds. The van der Waals surface area contributed by atoms with E-state index >= 15 is 0 Å². The van der Waals surface area contributed by atoms with E-state index in [-0.39, 0.29) is 10.0 Å². The fourth-order valence-corrected chi connectivity index (χ4v) is 8.18. The zero-order chi connectivity index (χ0) is 10.5. The van der Waals surface area contributed by atoms with Crippen molar-refractivity contribution in [2.75, 3.05) is 0 Å². The Kier molecular flexibility index (Phi) is 10.4. The molecule has 0 atom stereocenters. The first-order chi connectivity index (χ1) is 5.83. The van der Waals surface area contributed by atoms with E-state index in [4.69, 9.17) is 12.3 Å². The zero-order valence-electron chi connectivity index (χ0n) is 10.8. The van der Waals surface area contributed by atoms with Crippen molar-refractivity contribution in [3.05, 3.63) is 0 Å². The Morgan fingerprint density at radius 3 is 1.73 bits per heavy atom. The summed E-state index contributed by atoms with van der Waals surface area (Å²) in [5, 5.41) is 0. The Bertz CT molecular complexity index is 148. The molecule has 0 aromatic heterocycles. The first kappa shape index (κ1) is 19.3. The van der Waals surface area contributed by atoms with Crippen LogP contribution >= 0.6 is 0 Å². The molecule has 15 heavy (non-hydrogen) atoms. The molecule has 82 valence electrons. The smallest absolute Gasteiger partial charge is 0.411 e. The van der Waals surface area contributed by atoms with Crippen molar-refractivity contribution < 1.29 is 12.3 Å². The van der Waals surface area contributed by atoms with Gasteiger partial charge >= 0.3 is 18.6 Å². The minimum atomic E-state index is -1.86. The number of hydrogen-bond donors (Lipinski definition) is 0. The van der Waals surface area contributed by atoms with Gasteiger partial charge in [0.15, 0.2) is 18.1 Å². The molecule has 0 aromatic rings. The quantitative estimate of drug-likeness (QED) is 0.380. The van der Waals surface area contributed by atoms with Crippen molar-refractivity contribution >= 4 is 36.6 Å². The Labute approximate surface area is 88.6 Å². The van der Waals surface area contributed by atoms with Gasteiger partial charge in [-0.2, -0.15) is 0 Å². The van der Waals surface area contributed by atoms with E-state index in [1.165, 1.54) is 0 Å². The molecule has 0 rings (SSSR count). The van der Waals surface area contributed by atoms with Crippen LogP contribution in [0.15, 0.2) is 0 Å². The second-order valence-corrected chi connectivity index (χ2v) is 13.8. The molecule has 3 nitrogen and oxygen atoms in total. The first-order valence-corrected chi connectivity index (χ1v) is 13.8. The van der Waals surface area contributed by atoms with Crippen molar-refractivity contribution in [2.45, 2.75) is 39.3 Å². The van der Waals surface area contributed by atoms with E-state index in [1.807, 2.05) is 0 Å². The van der Waals surface area contributed by atoms with Gasteiger partial charge in [-0.3, -0.25) is 0 Å². The van der Waals surface area contributed by atoms with Crippen LogP contribution in [0, 0.1) is 0 Å². The average Bonchev–Trinajstić information content (AvgIpc) is 1.81. The van der Waals surface area contributed by atoms with Crippen LogP contribution in [0.4, 0.5) is 0 Å². The van der Waals surface area contributed by atoms with Gasteiger partial charge in [-0.25, -0.2) is 0 Å². The van der Waals surface area contributed by atoms with E-state index in [1.54, 1.807) is 0 Å². The molecule has 9 heteroatoms. The van der Waals surface area contributed by atoms with Crippen LogP contribution in [0.25, 0.3) is 0 Å². The third kappa shape index (κ3) is 12.7. The summed E-state index contributed by atoms with van der Waals surface area (Å²) in [6, 6.07) is 0. The maximum absolute atomic E-state index is 5.82. The molecule has 0 fully saturated rings. The van der Waals surface area contributed by atoms with Crippen LogP contribution in [0.2, 0.25) is 39.3 Å². The van der Waals surface area contributed by atoms with Crippen LogP contribution in [-0.2, 0) is 12.3 Å². The predicted octanol–water partition coefficient (Wildman–Crippen LogP) is 1.24. The minimum absolute atomic E-state index is 0. The van der Waals surface area contributed by atoms with Crippen molar-refractivity contribution in [3.8, 4) is 0 Å². The van der Waals surface area contributed by atoms with Gasteiger partial charge < -0.3 is 12.3 Å². The van der Waals surface area contributed by atoms with Gasteiger partial charge in [0.25, 0.3) is 0 Å². The predicted molar refractivity (Wildman–Crippen MR) is 64.2 cm³/mol. The van der Waals surface area contributed by atoms with Gasteiger partial charge in [0.05, 0.1) is 0 Å². The van der Waals surface area contributed by atoms with Crippen molar-refractivity contribution in [1.82, 2.24) is 0 Å². The van der Waals surface area contributed by atoms with Crippen LogP contribution in [-0.4, -0.2) is 36.6 Å². The van der Waals surface area contributed by atoms with Gasteiger partial charge in [0.2, 0.25) is 0 Å². The summed E-state index contributed by atoms with van der Waals surface area (Å²) < 4.78 is 16.9. The molecule has 2 radical (unpaired) electrons. The van der Waals surface area contributed by atoms with Gasteiger partial charge in [-0.1, -0.05) is 0 Å². The summed E-state index contributed by atoms with van der Waals surface area (Å²) in [4.78, 5) is 0. The summed E-state index contributed by atoms with van der Waals surface area (Å²) in [5.74, 6) is 0. The average molecular weight is 787 g/mol. The Morgan fingerprint density at radius 2 is 1.40 bits per heavy atom. The molecule has 0 aliphatic heterocycles. The van der Waals surface area contributed by atoms with Gasteiger partial charge in [0, 0.05) is 0 Å². The van der Waals surface area contributed by atoms with Crippen LogP contribution in [0.3, 0.4) is 0 Å². The third-order valence-corrected chi connectivity index (χ3v) is 9.82. The maximum Gasteiger partial charge on any atom is 0.411 e. The Balaban J connectivity index is -0.000000720. The second-order valence-electron chi connectivity index (χ2n) is 3.92. The monoisotopic (exact) mass is 786 g/mol. The number of rotatable bonds is 6. The van der Waals surface area contributed by atoms with E-state index in [0.29, 0.717) is 0 Å². The van der Waals surface area contributed by atoms with Crippen molar-refractivity contribution in [1.29, 1.82) is 0 Å². The third-order valence-electron chi connectivity index (χ3n) is 1.09. The summed E-state index contributed by atoms with van der Waals surface area (Å²) in [5.41, 5.74) is 0. The molecular weight excluding hydrogens is 766 g/mol. The molecule has 0 aromatic carbocycles. The summed E-state index contributed by atoms with van der Waals surface area (Å²) in [6.07, 6.45) is 0. The molecule has 0 spiro atoms. The van der Waals surface area contributed by atoms with Crippen LogP contribution in [0.1, 0.15) is 0 Å². The van der Waals surface area contributed by atoms with Gasteiger partial charge in [-0.05, 0) is 39.3 Å². The Hall–Kier alpha value is -1.25. The standard InChI is InChI=1S/C6H20O3Si4.2Rf/c1-11(2)7-10-8-13(5,6)9-12(3)4;;/h11-12H,1-6H3;;. The SMILES string of the molecule is C[SiH](C)O[Si]O[Si](C)(C)O[SiH](C)C.[Rf].[Rf]. The molecule has 0 bridgehead atoms. The van der Waals surface area contributed by atoms with E-state index in [0.717, 1.165) is 0 Å². The molecular formula is C6H20O3Rf2Si4. The maximum atomic E-state index is 5.82. The molecule has 0 unspecified atom stereocenters. The van der Waals surface area contributed by atoms with Gasteiger partial charge in [-0.15, -0.1) is 0 Å². The fourth-order valence-electron chi connectivity index (χ4n) is 0.812. The van der Waals surface area contributed by atoms with Crippen LogP contribution < -0.4 is 0 Å². The summed E-state index contributed by atoms with van der Waals surface area (Å²) in [6.45, 7) is 12.8. The van der Waals surface area contributed by atoms with E-state index < -0.39 is 26.6 Å². The van der Waals surface area contributed by atoms with Gasteiger partial charge in [0.1, 0.15) is 0 Å². The summed E-state index contributed by atoms with van der Waals surface area (Å²) >= 11 is 0. The van der Waals surface area contributed by atoms with Crippen molar-refractivity contribution in [3.63, 3.8) is 0 Å². The second kappa shape index (κ2) is 8.09. The molecule has 0 aliphatic carbocycles. The molecule has 0 saturated heterocycles. The number of hydrogen-bond acceptors (Lipinski definition) is 3. The van der Waals surface area contributed by atoms with E-state index in [2.05, 4.69) is 39.3 Å². The topological polar surface area (TPSA) is 27.7 Å². The zero-order valence-corrected chi connectivity index (χ0v) is 27.9. The molecule has 0 aliphatic rings. The van der Waals surface area contributed by atoms with E-state index in [9.17, 15) is 0 Å².